The number of allylic oxidation sites excluding steroid dienone is 1. The number of likely N-dealkylation sites (N-methyl/N-ethyl adjacent to an activating group) is 1. The van der Waals surface area contributed by atoms with Crippen molar-refractivity contribution in [1.29, 1.82) is 0 Å². The number of carbonyl (C=O) groups is 9. The number of nitrogens with one attached hydrogen (secondary N) is 8. The number of aliphatic imine (C=N–C) groups is 1. The van der Waals surface area contributed by atoms with Gasteiger partial charge in [0.25, 0.3) is 0 Å². The summed E-state index contributed by atoms with van der Waals surface area (Å²) in [6, 6.07) is -6.64. The first-order valence-electron chi connectivity index (χ1n) is 29.6. The normalized spacial score (nSPS) is 13.7. The fourth-order valence-corrected chi connectivity index (χ4v) is 8.51. The van der Waals surface area contributed by atoms with E-state index in [0.717, 1.165) is 44.3 Å². The number of ether oxygens (including phenoxy) is 4. The summed E-state index contributed by atoms with van der Waals surface area (Å²) in [5, 5.41) is 41.8. The lowest BCUT2D eigenvalue weighted by Gasteiger charge is -2.26. The number of aliphatic hydroxyl groups is 1. The van der Waals surface area contributed by atoms with Gasteiger partial charge in [-0.3, -0.25) is 48.1 Å². The number of aromatic amines is 1. The first kappa shape index (κ1) is 72.8. The van der Waals surface area contributed by atoms with Crippen LogP contribution in [0.1, 0.15) is 160 Å². The summed E-state index contributed by atoms with van der Waals surface area (Å²) in [5.74, 6) is -4.84. The number of nitrogens with two attached hydrogens (primary N) is 2. The van der Waals surface area contributed by atoms with Crippen LogP contribution in [-0.2, 0) is 68.5 Å². The zero-order valence-electron chi connectivity index (χ0n) is 49.0. The number of aromatic nitrogens is 4. The van der Waals surface area contributed by atoms with Crippen molar-refractivity contribution in [2.45, 2.75) is 191 Å². The average Bonchev–Trinajstić information content (AvgIpc) is 4.27. The lowest BCUT2D eigenvalue weighted by atomic mass is 10.0. The average molecular weight is 1180 g/mol. The Morgan fingerprint density at radius 1 is 0.602 bits per heavy atom. The molecule has 470 valence electrons. The zero-order valence-corrected chi connectivity index (χ0v) is 49.0. The van der Waals surface area contributed by atoms with Gasteiger partial charge in [0.15, 0.2) is 11.6 Å². The monoisotopic (exact) mass is 1180 g/mol. The smallest absolute Gasteiger partial charge is 0.246 e. The van der Waals surface area contributed by atoms with Crippen molar-refractivity contribution in [3.63, 3.8) is 0 Å². The van der Waals surface area contributed by atoms with Gasteiger partial charge in [-0.05, 0) is 32.1 Å². The highest BCUT2D eigenvalue weighted by molar-refractivity contribution is 5.97. The number of carbonyl (C=O) groups excluding carboxylic acids is 9. The Hall–Kier alpha value is -6.33. The van der Waals surface area contributed by atoms with E-state index >= 15 is 0 Å². The van der Waals surface area contributed by atoms with Gasteiger partial charge in [0.1, 0.15) is 43.4 Å². The van der Waals surface area contributed by atoms with Gasteiger partial charge >= 0.3 is 0 Å². The van der Waals surface area contributed by atoms with Crippen LogP contribution in [0.5, 0.6) is 0 Å². The second-order valence-corrected chi connectivity index (χ2v) is 20.2. The molecular weight excluding hydrogens is 1080 g/mol. The van der Waals surface area contributed by atoms with E-state index in [1.165, 1.54) is 64.8 Å². The second kappa shape index (κ2) is 47.1. The minimum atomic E-state index is -1.56. The van der Waals surface area contributed by atoms with Crippen molar-refractivity contribution in [2.75, 3.05) is 79.6 Å². The van der Waals surface area contributed by atoms with Crippen molar-refractivity contribution in [1.82, 2.24) is 57.8 Å². The Balaban J connectivity index is 1.58. The molecule has 28 heteroatoms. The summed E-state index contributed by atoms with van der Waals surface area (Å²) in [5.41, 5.74) is 11.7. The van der Waals surface area contributed by atoms with E-state index in [0.29, 0.717) is 51.0 Å². The van der Waals surface area contributed by atoms with Gasteiger partial charge < -0.3 is 72.7 Å². The van der Waals surface area contributed by atoms with Gasteiger partial charge in [-0.2, -0.15) is 5.21 Å². The minimum absolute atomic E-state index is 0.0163. The molecule has 28 nitrogen and oxygen atoms in total. The molecular formula is C55H96N14O14. The molecule has 1 aromatic rings. The summed E-state index contributed by atoms with van der Waals surface area (Å²) in [6.07, 6.45) is 22.3. The molecule has 2 rings (SSSR count). The first-order chi connectivity index (χ1) is 40.2. The summed E-state index contributed by atoms with van der Waals surface area (Å²) in [6.45, 7) is 1.65. The molecule has 0 aromatic carbocycles. The van der Waals surface area contributed by atoms with Crippen LogP contribution in [0.15, 0.2) is 16.8 Å². The third kappa shape index (κ3) is 36.1. The third-order valence-electron chi connectivity index (χ3n) is 13.2. The van der Waals surface area contributed by atoms with Crippen LogP contribution in [-0.4, -0.2) is 195 Å². The molecule has 2 heterocycles. The Morgan fingerprint density at radius 2 is 1.17 bits per heavy atom. The van der Waals surface area contributed by atoms with Crippen molar-refractivity contribution in [3.05, 3.63) is 17.6 Å². The summed E-state index contributed by atoms with van der Waals surface area (Å²) < 4.78 is 21.7. The summed E-state index contributed by atoms with van der Waals surface area (Å²) >= 11 is 0. The quantitative estimate of drug-likeness (QED) is 0.0384. The van der Waals surface area contributed by atoms with Gasteiger partial charge in [-0.15, -0.1) is 10.2 Å². The van der Waals surface area contributed by atoms with E-state index < -0.39 is 84.8 Å². The molecule has 0 spiro atoms. The topological polar surface area (TPSA) is 414 Å². The SMILES string of the molecule is CCCC[C@H](NC(=O)[C@H](CN)NC(=O)[C@H](CC1=CCC=N1)NC(=O)[C@H](CCC(N)=O)NC(=O)[C@H](CO)NC(=O)COCCOCCCC(=O)COCCOCCNC(=O)CCCCCCCCCCCCCCCc1nn[nH]n1)C(=O)NC. The fourth-order valence-electron chi connectivity index (χ4n) is 8.51. The van der Waals surface area contributed by atoms with E-state index in [4.69, 9.17) is 30.4 Å². The molecule has 0 unspecified atom stereocenters. The lowest BCUT2D eigenvalue weighted by molar-refractivity contribution is -0.136. The number of aryl methyl sites for hydroxylation is 1. The second-order valence-electron chi connectivity index (χ2n) is 20.2. The Morgan fingerprint density at radius 3 is 1.76 bits per heavy atom. The van der Waals surface area contributed by atoms with Crippen LogP contribution < -0.4 is 48.7 Å². The van der Waals surface area contributed by atoms with E-state index in [1.54, 1.807) is 12.3 Å². The molecule has 0 fully saturated rings. The predicted molar refractivity (Wildman–Crippen MR) is 307 cm³/mol. The Bertz CT molecular complexity index is 2100. The minimum Gasteiger partial charge on any atom is -0.394 e. The van der Waals surface area contributed by atoms with Crippen LogP contribution >= 0.6 is 0 Å². The van der Waals surface area contributed by atoms with Gasteiger partial charge in [0.05, 0.1) is 39.6 Å². The van der Waals surface area contributed by atoms with Gasteiger partial charge in [-0.25, -0.2) is 0 Å². The van der Waals surface area contributed by atoms with E-state index in [-0.39, 0.29) is 83.6 Å². The number of hydrogen-bond donors (Lipinski definition) is 11. The van der Waals surface area contributed by atoms with Crippen molar-refractivity contribution in [3.8, 4) is 0 Å². The number of H-pyrrole nitrogens is 1. The summed E-state index contributed by atoms with van der Waals surface area (Å²) in [7, 11) is 1.43. The maximum atomic E-state index is 13.8. The Kier molecular flexibility index (Phi) is 41.3. The maximum absolute atomic E-state index is 13.8. The lowest BCUT2D eigenvalue weighted by Crippen LogP contribution is -2.60. The molecule has 0 bridgehead atoms. The number of primary amides is 1. The van der Waals surface area contributed by atoms with E-state index in [9.17, 15) is 48.3 Å². The first-order valence-corrected chi connectivity index (χ1v) is 29.6. The number of rotatable bonds is 53. The van der Waals surface area contributed by atoms with Gasteiger partial charge in [-0.1, -0.05) is 102 Å². The Labute approximate surface area is 487 Å². The zero-order chi connectivity index (χ0) is 60.7. The molecule has 0 radical (unpaired) electrons. The number of tetrazole rings is 1. The number of nitrogens with zero attached hydrogens (tertiary/aromatic N) is 4. The number of unbranched alkanes of at least 4 members (excludes halogenated alkanes) is 13. The fraction of sp³-hybridized carbons (Fsp3) is 0.764. The standard InChI is InChI=1S/C55H96N14O14/c1-3-4-22-42(51(75)58-2)62-54(78)45(36-56)65-53(77)44(35-40-20-18-27-59-40)64-52(76)43(25-26-47(57)72)63-55(79)46(37-70)61-50(74)39-83-34-31-80-29-19-21-41(71)38-82-33-32-81-30-28-60-49(73)24-17-15-13-11-9-7-5-6-8-10-12-14-16-23-48-66-68-69-67-48/h20,27,42-46,70H,3-19,21-26,28-39,56H2,1-2H3,(H2,57,72)(H,58,75)(H,60,73)(H,61,74)(H,62,78)(H,63,79)(H,64,76)(H,65,77)(H,66,67,68,69)/t42-,43-,44-,45-,46-/m0/s1. The molecule has 5 atom stereocenters. The highest BCUT2D eigenvalue weighted by Gasteiger charge is 2.33. The molecule has 0 aliphatic carbocycles. The molecule has 0 saturated carbocycles. The molecule has 83 heavy (non-hydrogen) atoms. The molecule has 13 N–H and O–H groups in total. The number of hydrogen-bond acceptors (Lipinski definition) is 19. The van der Waals surface area contributed by atoms with Crippen LogP contribution in [0, 0.1) is 0 Å². The number of aliphatic hydroxyl groups excluding tert-OH is 1. The predicted octanol–water partition coefficient (Wildman–Crippen LogP) is 0.0607. The number of ketones is 1. The van der Waals surface area contributed by atoms with Crippen LogP contribution in [0.3, 0.4) is 0 Å². The molecule has 0 saturated heterocycles. The highest BCUT2D eigenvalue weighted by Crippen LogP contribution is 2.16. The molecule has 1 aromatic heterocycles. The number of amides is 8. The highest BCUT2D eigenvalue weighted by atomic mass is 16.5. The van der Waals surface area contributed by atoms with E-state index in [1.807, 2.05) is 6.92 Å². The molecule has 1 aliphatic rings. The van der Waals surface area contributed by atoms with Gasteiger partial charge in [0.2, 0.25) is 47.3 Å². The maximum Gasteiger partial charge on any atom is 0.246 e. The molecule has 1 aliphatic heterocycles. The van der Waals surface area contributed by atoms with Crippen LogP contribution in [0.25, 0.3) is 0 Å². The number of Topliss-reactive ketones (excluding diaryl/α,β-unsaturated/α-hetero) is 1. The van der Waals surface area contributed by atoms with E-state index in [2.05, 4.69) is 62.8 Å². The largest absolute Gasteiger partial charge is 0.394 e. The van der Waals surface area contributed by atoms with Crippen LogP contribution in [0.4, 0.5) is 0 Å². The van der Waals surface area contributed by atoms with Crippen molar-refractivity contribution < 1.29 is 67.2 Å². The van der Waals surface area contributed by atoms with Crippen molar-refractivity contribution >= 4 is 59.3 Å². The summed E-state index contributed by atoms with van der Waals surface area (Å²) in [4.78, 5) is 120. The van der Waals surface area contributed by atoms with Gasteiger partial charge in [0, 0.05) is 77.2 Å². The van der Waals surface area contributed by atoms with Crippen molar-refractivity contribution in [2.24, 2.45) is 16.5 Å². The van der Waals surface area contributed by atoms with Crippen LogP contribution in [0.2, 0.25) is 0 Å². The molecule has 8 amide bonds. The third-order valence-corrected chi connectivity index (χ3v) is 13.2.